The Hall–Kier alpha value is -3.56. The molecule has 16 nitrogen and oxygen atoms in total. The number of para-hydroxylation sites is 1. The summed E-state index contributed by atoms with van der Waals surface area (Å²) in [6, 6.07) is 6.60. The largest absolute Gasteiger partial charge is 0.465 e. The fourth-order valence-electron chi connectivity index (χ4n) is 3.41. The van der Waals surface area contributed by atoms with Crippen molar-refractivity contribution < 1.29 is 42.5 Å². The van der Waals surface area contributed by atoms with Crippen molar-refractivity contribution in [3.8, 4) is 5.75 Å². The van der Waals surface area contributed by atoms with Crippen LogP contribution in [-0.4, -0.2) is 63.3 Å². The summed E-state index contributed by atoms with van der Waals surface area (Å²) in [5.74, 6) is -3.39. The van der Waals surface area contributed by atoms with Gasteiger partial charge in [-0.15, -0.1) is 0 Å². The molecule has 1 fully saturated rings. The van der Waals surface area contributed by atoms with Crippen LogP contribution >= 0.6 is 7.75 Å². The Kier molecular flexibility index (Phi) is 9.40. The topological polar surface area (TPSA) is 227 Å². The Labute approximate surface area is 213 Å². The Bertz CT molecular complexity index is 1360. The number of hydrogen-bond donors (Lipinski definition) is 4. The maximum absolute atomic E-state index is 14.3. The molecule has 4 N–H and O–H groups in total. The monoisotopic (exact) mass is 558 g/mol. The summed E-state index contributed by atoms with van der Waals surface area (Å²) in [6.07, 6.45) is -7.06. The molecule has 0 spiro atoms. The Morgan fingerprint density at radius 2 is 2.03 bits per heavy atom. The van der Waals surface area contributed by atoms with E-state index in [-0.39, 0.29) is 12.4 Å². The highest BCUT2D eigenvalue weighted by Crippen LogP contribution is 2.46. The van der Waals surface area contributed by atoms with E-state index in [2.05, 4.69) is 15.1 Å². The SMILES string of the molecule is CCOC(=O)[C@H](C)NP(=O)(OC[C@H]1O[C@@H](n2c(N=[N+]=[N-])c(F)c(=O)[nH]c2=O)[C@H](O)[C@@H]1O)Oc1ccccc1. The number of aliphatic hydroxyl groups is 2. The second kappa shape index (κ2) is 12.3. The van der Waals surface area contributed by atoms with Crippen LogP contribution < -0.4 is 20.9 Å². The molecule has 1 aliphatic heterocycles. The smallest absolute Gasteiger partial charge is 0.459 e. The van der Waals surface area contributed by atoms with Crippen molar-refractivity contribution in [2.24, 2.45) is 5.11 Å². The van der Waals surface area contributed by atoms with E-state index in [4.69, 9.17) is 24.1 Å². The minimum Gasteiger partial charge on any atom is -0.465 e. The third-order valence-corrected chi connectivity index (χ3v) is 6.81. The first-order chi connectivity index (χ1) is 18.0. The molecule has 0 aliphatic carbocycles. The van der Waals surface area contributed by atoms with Gasteiger partial charge in [0.05, 0.1) is 13.2 Å². The van der Waals surface area contributed by atoms with E-state index in [1.54, 1.807) is 30.1 Å². The van der Waals surface area contributed by atoms with E-state index >= 15 is 0 Å². The van der Waals surface area contributed by atoms with Crippen molar-refractivity contribution in [2.75, 3.05) is 13.2 Å². The van der Waals surface area contributed by atoms with E-state index in [9.17, 15) is 33.6 Å². The fraction of sp³-hybridized carbons (Fsp3) is 0.450. The molecule has 6 atom stereocenters. The van der Waals surface area contributed by atoms with E-state index < -0.39 is 73.8 Å². The normalized spacial score (nSPS) is 23.2. The van der Waals surface area contributed by atoms with Crippen molar-refractivity contribution >= 4 is 19.5 Å². The van der Waals surface area contributed by atoms with Crippen LogP contribution in [0, 0.1) is 5.82 Å². The summed E-state index contributed by atoms with van der Waals surface area (Å²) in [6.45, 7) is 2.24. The number of carbonyl (C=O) groups is 1. The molecule has 3 rings (SSSR count). The van der Waals surface area contributed by atoms with Gasteiger partial charge in [-0.05, 0) is 36.6 Å². The molecule has 0 saturated carbocycles. The zero-order valence-electron chi connectivity index (χ0n) is 20.0. The van der Waals surface area contributed by atoms with E-state index in [0.717, 1.165) is 0 Å². The lowest BCUT2D eigenvalue weighted by atomic mass is 10.1. The molecule has 0 amide bonds. The van der Waals surface area contributed by atoms with Crippen LogP contribution in [0.4, 0.5) is 10.2 Å². The molecule has 1 aromatic carbocycles. The third-order valence-electron chi connectivity index (χ3n) is 5.16. The highest BCUT2D eigenvalue weighted by molar-refractivity contribution is 7.52. The average molecular weight is 558 g/mol. The lowest BCUT2D eigenvalue weighted by Gasteiger charge is -2.24. The molecular weight excluding hydrogens is 534 g/mol. The predicted octanol–water partition coefficient (Wildman–Crippen LogP) is 0.982. The zero-order valence-corrected chi connectivity index (χ0v) is 20.9. The first kappa shape index (κ1) is 29.0. The molecule has 0 radical (unpaired) electrons. The Morgan fingerprint density at radius 3 is 2.66 bits per heavy atom. The first-order valence-corrected chi connectivity index (χ1v) is 12.6. The maximum Gasteiger partial charge on any atom is 0.459 e. The number of carbonyl (C=O) groups excluding carboxylic acids is 1. The number of aliphatic hydroxyl groups excluding tert-OH is 2. The zero-order chi connectivity index (χ0) is 28.0. The quantitative estimate of drug-likeness (QED) is 0.0999. The van der Waals surface area contributed by atoms with Crippen molar-refractivity contribution in [3.05, 3.63) is 67.4 Å². The van der Waals surface area contributed by atoms with Gasteiger partial charge in [-0.3, -0.25) is 23.7 Å². The molecule has 1 saturated heterocycles. The number of ether oxygens (including phenoxy) is 2. The second-order valence-electron chi connectivity index (χ2n) is 7.80. The summed E-state index contributed by atoms with van der Waals surface area (Å²) in [4.78, 5) is 39.9. The number of hydrogen-bond acceptors (Lipinski definition) is 11. The van der Waals surface area contributed by atoms with Crippen molar-refractivity contribution in [1.82, 2.24) is 14.6 Å². The highest BCUT2D eigenvalue weighted by atomic mass is 31.2. The number of nitrogens with zero attached hydrogens (tertiary/aromatic N) is 4. The minimum atomic E-state index is -4.38. The highest BCUT2D eigenvalue weighted by Gasteiger charge is 2.46. The Balaban J connectivity index is 1.85. The van der Waals surface area contributed by atoms with Gasteiger partial charge < -0.3 is 24.2 Å². The van der Waals surface area contributed by atoms with Crippen LogP contribution in [-0.2, 0) is 23.4 Å². The molecule has 1 aromatic heterocycles. The fourth-order valence-corrected chi connectivity index (χ4v) is 4.91. The summed E-state index contributed by atoms with van der Waals surface area (Å²) in [7, 11) is -4.38. The van der Waals surface area contributed by atoms with Gasteiger partial charge >= 0.3 is 19.4 Å². The van der Waals surface area contributed by atoms with Crippen LogP contribution in [0.2, 0.25) is 0 Å². The van der Waals surface area contributed by atoms with Gasteiger partial charge in [-0.25, -0.2) is 9.36 Å². The third kappa shape index (κ3) is 6.46. The summed E-state index contributed by atoms with van der Waals surface area (Å²) < 4.78 is 49.2. The standard InChI is InChI=1S/C20H24FN6O10P/c1-3-34-19(31)10(2)25-38(33,37-11-7-5-4-6-8-11)35-9-12-14(28)15(29)18(36-12)27-16(24-26-22)13(21)17(30)23-20(27)32/h4-8,10,12,14-15,18,28-29H,3,9H2,1-2H3,(H,25,33)(H,23,30,32)/t10-,12+,14+,15+,18+,38?/m0/s1. The van der Waals surface area contributed by atoms with Crippen LogP contribution in [0.5, 0.6) is 5.75 Å². The van der Waals surface area contributed by atoms with E-state index in [1.807, 2.05) is 0 Å². The number of azide groups is 1. The molecular formula is C20H24FN6O10P. The van der Waals surface area contributed by atoms with Crippen molar-refractivity contribution in [1.29, 1.82) is 0 Å². The number of H-pyrrole nitrogens is 1. The van der Waals surface area contributed by atoms with Crippen LogP contribution in [0.25, 0.3) is 10.4 Å². The molecule has 38 heavy (non-hydrogen) atoms. The number of esters is 1. The van der Waals surface area contributed by atoms with Crippen molar-refractivity contribution in [3.63, 3.8) is 0 Å². The molecule has 2 heterocycles. The van der Waals surface area contributed by atoms with Gasteiger partial charge in [0.25, 0.3) is 5.56 Å². The van der Waals surface area contributed by atoms with Gasteiger partial charge in [-0.2, -0.15) is 9.48 Å². The molecule has 1 aliphatic rings. The first-order valence-electron chi connectivity index (χ1n) is 11.1. The van der Waals surface area contributed by atoms with Crippen LogP contribution in [0.3, 0.4) is 0 Å². The number of nitrogens with one attached hydrogen (secondary N) is 2. The maximum atomic E-state index is 14.3. The average Bonchev–Trinajstić information content (AvgIpc) is 3.15. The van der Waals surface area contributed by atoms with E-state index in [1.165, 1.54) is 19.1 Å². The van der Waals surface area contributed by atoms with Gasteiger partial charge in [0, 0.05) is 4.91 Å². The molecule has 18 heteroatoms. The molecule has 0 bridgehead atoms. The van der Waals surface area contributed by atoms with Gasteiger partial charge in [0.1, 0.15) is 30.1 Å². The molecule has 2 aromatic rings. The summed E-state index contributed by atoms with van der Waals surface area (Å²) in [5.41, 5.74) is 5.92. The number of halogens is 1. The number of rotatable bonds is 11. The number of aromatic amines is 1. The van der Waals surface area contributed by atoms with Crippen LogP contribution in [0.15, 0.2) is 45.0 Å². The van der Waals surface area contributed by atoms with Gasteiger partial charge in [-0.1, -0.05) is 18.2 Å². The van der Waals surface area contributed by atoms with Gasteiger partial charge in [0.2, 0.25) is 5.82 Å². The summed E-state index contributed by atoms with van der Waals surface area (Å²) >= 11 is 0. The van der Waals surface area contributed by atoms with Crippen molar-refractivity contribution in [2.45, 2.75) is 44.4 Å². The van der Waals surface area contributed by atoms with Gasteiger partial charge in [0.15, 0.2) is 12.0 Å². The molecule has 206 valence electrons. The lowest BCUT2D eigenvalue weighted by molar-refractivity contribution is -0.144. The number of aromatic nitrogens is 2. The second-order valence-corrected chi connectivity index (χ2v) is 9.50. The van der Waals surface area contributed by atoms with E-state index in [0.29, 0.717) is 4.57 Å². The summed E-state index contributed by atoms with van der Waals surface area (Å²) in [5, 5.41) is 26.4. The molecule has 1 unspecified atom stereocenters. The minimum absolute atomic E-state index is 0.0550. The van der Waals surface area contributed by atoms with Crippen LogP contribution in [0.1, 0.15) is 20.1 Å². The number of benzene rings is 1. The predicted molar refractivity (Wildman–Crippen MR) is 126 cm³/mol. The lowest BCUT2D eigenvalue weighted by Crippen LogP contribution is -2.39. The Morgan fingerprint density at radius 1 is 1.34 bits per heavy atom.